The van der Waals surface area contributed by atoms with Gasteiger partial charge in [0.05, 0.1) is 24.2 Å². The second-order valence-electron chi connectivity index (χ2n) is 8.41. The molecule has 37 heavy (non-hydrogen) atoms. The van der Waals surface area contributed by atoms with Gasteiger partial charge in [0.15, 0.2) is 18.1 Å². The van der Waals surface area contributed by atoms with E-state index in [0.717, 1.165) is 16.5 Å². The number of amides is 1. The van der Waals surface area contributed by atoms with Crippen molar-refractivity contribution >= 4 is 44.6 Å². The fourth-order valence-electron chi connectivity index (χ4n) is 3.68. The van der Waals surface area contributed by atoms with Gasteiger partial charge in [-0.25, -0.2) is 4.98 Å². The summed E-state index contributed by atoms with van der Waals surface area (Å²) in [5.74, 6) is 1.16. The van der Waals surface area contributed by atoms with Crippen LogP contribution >= 0.6 is 15.9 Å². The van der Waals surface area contributed by atoms with Crippen molar-refractivity contribution in [3.63, 3.8) is 0 Å². The third kappa shape index (κ3) is 6.42. The summed E-state index contributed by atoms with van der Waals surface area (Å²) in [6.07, 6.45) is 3.00. The number of anilines is 1. The zero-order valence-electron chi connectivity index (χ0n) is 20.8. The van der Waals surface area contributed by atoms with E-state index in [2.05, 4.69) is 31.3 Å². The molecule has 8 nitrogen and oxygen atoms in total. The topological polar surface area (TPSA) is 94.8 Å². The molecule has 3 aromatic carbocycles. The molecule has 0 aliphatic rings. The lowest BCUT2D eigenvalue weighted by Crippen LogP contribution is -2.22. The van der Waals surface area contributed by atoms with Crippen LogP contribution in [0.4, 0.5) is 5.69 Å². The molecule has 0 saturated heterocycles. The summed E-state index contributed by atoms with van der Waals surface area (Å²) in [4.78, 5) is 30.1. The van der Waals surface area contributed by atoms with Crippen LogP contribution in [-0.2, 0) is 11.2 Å². The summed E-state index contributed by atoms with van der Waals surface area (Å²) in [7, 11) is 1.52. The predicted molar refractivity (Wildman–Crippen MR) is 149 cm³/mol. The molecule has 0 radical (unpaired) electrons. The number of carbonyl (C=O) groups excluding carboxylic acids is 1. The summed E-state index contributed by atoms with van der Waals surface area (Å²) >= 11 is 3.41. The number of carbonyl (C=O) groups is 1. The number of halogens is 1. The molecule has 1 heterocycles. The number of aryl methyl sites for hydroxylation is 2. The number of hydrogen-bond donors (Lipinski definition) is 1. The molecule has 0 unspecified atom stereocenters. The molecule has 1 amide bonds. The number of benzene rings is 3. The molecule has 4 aromatic rings. The number of rotatable bonds is 9. The predicted octanol–water partition coefficient (Wildman–Crippen LogP) is 5.33. The Labute approximate surface area is 223 Å². The van der Waals surface area contributed by atoms with Gasteiger partial charge in [0, 0.05) is 16.6 Å². The number of methoxy groups -OCH3 is 1. The summed E-state index contributed by atoms with van der Waals surface area (Å²) in [6.45, 7) is 3.83. The van der Waals surface area contributed by atoms with Crippen molar-refractivity contribution in [1.29, 1.82) is 0 Å². The Morgan fingerprint density at radius 1 is 1.11 bits per heavy atom. The van der Waals surface area contributed by atoms with Gasteiger partial charge in [0.1, 0.15) is 5.82 Å². The largest absolute Gasteiger partial charge is 0.493 e. The minimum absolute atomic E-state index is 0.175. The minimum atomic E-state index is -0.283. The van der Waals surface area contributed by atoms with Gasteiger partial charge in [-0.1, -0.05) is 40.5 Å². The van der Waals surface area contributed by atoms with E-state index in [0.29, 0.717) is 45.9 Å². The van der Waals surface area contributed by atoms with Gasteiger partial charge >= 0.3 is 0 Å². The molecule has 0 bridgehead atoms. The molecule has 1 aromatic heterocycles. The number of ether oxygens (including phenoxy) is 2. The maximum Gasteiger partial charge on any atom is 0.282 e. The quantitative estimate of drug-likeness (QED) is 0.278. The Balaban J connectivity index is 1.52. The molecule has 9 heteroatoms. The lowest BCUT2D eigenvalue weighted by atomic mass is 10.2. The van der Waals surface area contributed by atoms with E-state index in [9.17, 15) is 9.59 Å². The van der Waals surface area contributed by atoms with Crippen LogP contribution in [0, 0.1) is 6.92 Å². The van der Waals surface area contributed by atoms with Crippen molar-refractivity contribution in [2.75, 3.05) is 19.0 Å². The SMILES string of the molecule is CCCc1nc2ccc(Br)cc2c(=O)n1N=Cc1ccc(OCC(=O)Nc2ccc(C)cc2)c(OC)c1. The van der Waals surface area contributed by atoms with Crippen LogP contribution in [0.3, 0.4) is 0 Å². The van der Waals surface area contributed by atoms with Crippen LogP contribution in [0.2, 0.25) is 0 Å². The Morgan fingerprint density at radius 2 is 1.89 bits per heavy atom. The monoisotopic (exact) mass is 562 g/mol. The van der Waals surface area contributed by atoms with Gasteiger partial charge in [0.2, 0.25) is 0 Å². The Morgan fingerprint density at radius 3 is 2.62 bits per heavy atom. The highest BCUT2D eigenvalue weighted by molar-refractivity contribution is 9.10. The standard InChI is InChI=1S/C28H27BrN4O4/c1-4-5-26-32-23-12-9-20(29)15-22(23)28(35)33(26)30-16-19-8-13-24(25(14-19)36-3)37-17-27(34)31-21-10-6-18(2)7-11-21/h6-16H,4-5,17H2,1-3H3,(H,31,34). The number of fused-ring (bicyclic) bond motifs is 1. The normalized spacial score (nSPS) is 11.1. The maximum absolute atomic E-state index is 13.2. The van der Waals surface area contributed by atoms with Gasteiger partial charge in [-0.15, -0.1) is 0 Å². The fourth-order valence-corrected chi connectivity index (χ4v) is 4.05. The van der Waals surface area contributed by atoms with Gasteiger partial charge in [-0.3, -0.25) is 9.59 Å². The first-order chi connectivity index (χ1) is 17.9. The van der Waals surface area contributed by atoms with E-state index >= 15 is 0 Å². The zero-order chi connectivity index (χ0) is 26.4. The third-order valence-electron chi connectivity index (χ3n) is 5.55. The summed E-state index contributed by atoms with van der Waals surface area (Å²) in [5, 5.41) is 7.73. The van der Waals surface area contributed by atoms with Crippen molar-refractivity contribution in [1.82, 2.24) is 9.66 Å². The smallest absolute Gasteiger partial charge is 0.282 e. The number of nitrogens with one attached hydrogen (secondary N) is 1. The van der Waals surface area contributed by atoms with Crippen LogP contribution in [0.5, 0.6) is 11.5 Å². The molecular weight excluding hydrogens is 536 g/mol. The molecule has 0 aliphatic carbocycles. The highest BCUT2D eigenvalue weighted by Crippen LogP contribution is 2.27. The molecule has 0 fully saturated rings. The van der Waals surface area contributed by atoms with Crippen molar-refractivity contribution in [3.05, 3.63) is 92.4 Å². The highest BCUT2D eigenvalue weighted by atomic mass is 79.9. The first kappa shape index (κ1) is 26.1. The Kier molecular flexibility index (Phi) is 8.35. The van der Waals surface area contributed by atoms with Crippen LogP contribution < -0.4 is 20.3 Å². The van der Waals surface area contributed by atoms with Crippen molar-refractivity contribution < 1.29 is 14.3 Å². The molecule has 0 atom stereocenters. The van der Waals surface area contributed by atoms with Crippen LogP contribution in [0.15, 0.2) is 75.0 Å². The fraction of sp³-hybridized carbons (Fsp3) is 0.214. The second kappa shape index (κ2) is 11.8. The first-order valence-corrected chi connectivity index (χ1v) is 12.6. The molecule has 0 spiro atoms. The Bertz CT molecular complexity index is 1510. The average Bonchev–Trinajstić information content (AvgIpc) is 2.89. The molecule has 4 rings (SSSR count). The maximum atomic E-state index is 13.2. The molecule has 0 aliphatic heterocycles. The van der Waals surface area contributed by atoms with Gasteiger partial charge < -0.3 is 14.8 Å². The van der Waals surface area contributed by atoms with Crippen molar-refractivity contribution in [2.45, 2.75) is 26.7 Å². The van der Waals surface area contributed by atoms with Crippen LogP contribution in [-0.4, -0.2) is 35.5 Å². The van der Waals surface area contributed by atoms with E-state index < -0.39 is 0 Å². The summed E-state index contributed by atoms with van der Waals surface area (Å²) in [6, 6.07) is 18.1. The molecule has 190 valence electrons. The van der Waals surface area contributed by atoms with Gasteiger partial charge in [0.25, 0.3) is 11.5 Å². The lowest BCUT2D eigenvalue weighted by Gasteiger charge is -2.12. The van der Waals surface area contributed by atoms with E-state index in [1.165, 1.54) is 11.8 Å². The molecule has 1 N–H and O–H groups in total. The van der Waals surface area contributed by atoms with Crippen LogP contribution in [0.25, 0.3) is 10.9 Å². The van der Waals surface area contributed by atoms with Gasteiger partial charge in [-0.05, 0) is 67.4 Å². The minimum Gasteiger partial charge on any atom is -0.493 e. The first-order valence-electron chi connectivity index (χ1n) is 11.8. The third-order valence-corrected chi connectivity index (χ3v) is 6.05. The van der Waals surface area contributed by atoms with E-state index in [4.69, 9.17) is 9.47 Å². The summed E-state index contributed by atoms with van der Waals surface area (Å²) in [5.41, 5.74) is 2.90. The van der Waals surface area contributed by atoms with Crippen LogP contribution in [0.1, 0.15) is 30.3 Å². The number of nitrogens with zero attached hydrogens (tertiary/aromatic N) is 3. The summed E-state index contributed by atoms with van der Waals surface area (Å²) < 4.78 is 13.3. The Hall–Kier alpha value is -3.98. The van der Waals surface area contributed by atoms with Crippen molar-refractivity contribution in [3.8, 4) is 11.5 Å². The van der Waals surface area contributed by atoms with Crippen molar-refractivity contribution in [2.24, 2.45) is 5.10 Å². The van der Waals surface area contributed by atoms with Gasteiger partial charge in [-0.2, -0.15) is 9.78 Å². The second-order valence-corrected chi connectivity index (χ2v) is 9.33. The zero-order valence-corrected chi connectivity index (χ0v) is 22.4. The van der Waals surface area contributed by atoms with E-state index in [1.807, 2.05) is 50.2 Å². The molecule has 0 saturated carbocycles. The van der Waals surface area contributed by atoms with E-state index in [1.54, 1.807) is 30.5 Å². The number of hydrogen-bond acceptors (Lipinski definition) is 6. The average molecular weight is 563 g/mol. The number of aromatic nitrogens is 2. The lowest BCUT2D eigenvalue weighted by molar-refractivity contribution is -0.118. The highest BCUT2D eigenvalue weighted by Gasteiger charge is 2.12. The van der Waals surface area contributed by atoms with E-state index in [-0.39, 0.29) is 18.1 Å². The molecular formula is C28H27BrN4O4.